The summed E-state index contributed by atoms with van der Waals surface area (Å²) >= 11 is 1.51. The Morgan fingerprint density at radius 1 is 1.17 bits per heavy atom. The SMILES string of the molecule is CCSC1=N/C(=C\C=C(/NC(=O)c2ccccc2)C(=O)OCc2ccc3c(c2)OCO3)C(C)=NN1. The van der Waals surface area contributed by atoms with Gasteiger partial charge in [-0.3, -0.25) is 10.2 Å². The Kier molecular flexibility index (Phi) is 7.84. The number of esters is 1. The molecule has 2 N–H and O–H groups in total. The molecule has 0 aromatic heterocycles. The van der Waals surface area contributed by atoms with Crippen molar-refractivity contribution in [3.05, 3.63) is 83.2 Å². The van der Waals surface area contributed by atoms with Gasteiger partial charge in [-0.2, -0.15) is 5.10 Å². The largest absolute Gasteiger partial charge is 0.456 e. The van der Waals surface area contributed by atoms with E-state index in [2.05, 4.69) is 20.8 Å². The number of ether oxygens (including phenoxy) is 3. The summed E-state index contributed by atoms with van der Waals surface area (Å²) in [4.78, 5) is 30.2. The van der Waals surface area contributed by atoms with Gasteiger partial charge in [0, 0.05) is 5.56 Å². The van der Waals surface area contributed by atoms with E-state index < -0.39 is 11.9 Å². The maximum atomic E-state index is 13.0. The second-order valence-corrected chi connectivity index (χ2v) is 8.63. The number of amidine groups is 1. The van der Waals surface area contributed by atoms with Crippen molar-refractivity contribution in [2.24, 2.45) is 10.1 Å². The number of carbonyl (C=O) groups is 2. The number of rotatable bonds is 7. The number of benzene rings is 2. The smallest absolute Gasteiger partial charge is 0.355 e. The average molecular weight is 493 g/mol. The Morgan fingerprint density at radius 3 is 2.77 bits per heavy atom. The van der Waals surface area contributed by atoms with Crippen LogP contribution in [0.25, 0.3) is 0 Å². The predicted octanol–water partition coefficient (Wildman–Crippen LogP) is 3.74. The molecule has 4 rings (SSSR count). The molecule has 2 heterocycles. The molecule has 2 aromatic carbocycles. The quantitative estimate of drug-likeness (QED) is 0.447. The second-order valence-electron chi connectivity index (χ2n) is 7.38. The first-order valence-electron chi connectivity index (χ1n) is 10.9. The molecule has 35 heavy (non-hydrogen) atoms. The highest BCUT2D eigenvalue weighted by Crippen LogP contribution is 2.32. The Bertz CT molecular complexity index is 1240. The molecule has 0 fully saturated rings. The highest BCUT2D eigenvalue weighted by molar-refractivity contribution is 8.13. The fourth-order valence-electron chi connectivity index (χ4n) is 3.13. The molecule has 9 nitrogen and oxygen atoms in total. The van der Waals surface area contributed by atoms with Gasteiger partial charge in [-0.15, -0.1) is 0 Å². The van der Waals surface area contributed by atoms with Crippen molar-refractivity contribution in [2.45, 2.75) is 20.5 Å². The molecule has 0 aliphatic carbocycles. The van der Waals surface area contributed by atoms with Gasteiger partial charge in [0.1, 0.15) is 12.3 Å². The van der Waals surface area contributed by atoms with Crippen molar-refractivity contribution in [2.75, 3.05) is 12.5 Å². The Balaban J connectivity index is 1.54. The third kappa shape index (κ3) is 6.30. The zero-order valence-electron chi connectivity index (χ0n) is 19.2. The van der Waals surface area contributed by atoms with E-state index in [4.69, 9.17) is 14.2 Å². The molecular weight excluding hydrogens is 468 g/mol. The van der Waals surface area contributed by atoms with Gasteiger partial charge in [-0.25, -0.2) is 9.79 Å². The minimum atomic E-state index is -0.695. The van der Waals surface area contributed by atoms with E-state index in [1.807, 2.05) is 6.92 Å². The summed E-state index contributed by atoms with van der Waals surface area (Å²) in [6.07, 6.45) is 3.10. The first-order chi connectivity index (χ1) is 17.0. The molecule has 0 unspecified atom stereocenters. The number of amides is 1. The summed E-state index contributed by atoms with van der Waals surface area (Å²) in [5.41, 5.74) is 5.19. The lowest BCUT2D eigenvalue weighted by Crippen LogP contribution is -2.28. The third-order valence-corrected chi connectivity index (χ3v) is 5.66. The molecule has 10 heteroatoms. The number of carbonyl (C=O) groups excluding carboxylic acids is 2. The number of allylic oxidation sites excluding steroid dienone is 3. The molecule has 2 aliphatic rings. The van der Waals surface area contributed by atoms with Crippen molar-refractivity contribution in [3.63, 3.8) is 0 Å². The van der Waals surface area contributed by atoms with Crippen LogP contribution in [0.4, 0.5) is 0 Å². The van der Waals surface area contributed by atoms with Crippen molar-refractivity contribution in [3.8, 4) is 11.5 Å². The molecule has 0 saturated carbocycles. The van der Waals surface area contributed by atoms with Crippen LogP contribution in [0.3, 0.4) is 0 Å². The number of aliphatic imine (C=N–C) groups is 1. The van der Waals surface area contributed by atoms with E-state index in [-0.39, 0.29) is 19.1 Å². The number of hydrogen-bond donors (Lipinski definition) is 2. The molecule has 2 aliphatic heterocycles. The molecule has 1 amide bonds. The summed E-state index contributed by atoms with van der Waals surface area (Å²) in [5, 5.41) is 7.54. The van der Waals surface area contributed by atoms with Gasteiger partial charge in [-0.1, -0.05) is 43.0 Å². The minimum absolute atomic E-state index is 0.00948. The van der Waals surface area contributed by atoms with E-state index in [9.17, 15) is 9.59 Å². The number of nitrogens with one attached hydrogen (secondary N) is 2. The number of fused-ring (bicyclic) bond motifs is 1. The molecule has 2 aromatic rings. The predicted molar refractivity (Wildman–Crippen MR) is 134 cm³/mol. The summed E-state index contributed by atoms with van der Waals surface area (Å²) < 4.78 is 16.2. The van der Waals surface area contributed by atoms with E-state index in [0.717, 1.165) is 11.3 Å². The maximum Gasteiger partial charge on any atom is 0.355 e. The van der Waals surface area contributed by atoms with Gasteiger partial charge in [0.25, 0.3) is 5.91 Å². The maximum absolute atomic E-state index is 13.0. The lowest BCUT2D eigenvalue weighted by Gasteiger charge is -2.13. The summed E-state index contributed by atoms with van der Waals surface area (Å²) in [6, 6.07) is 13.9. The van der Waals surface area contributed by atoms with Crippen LogP contribution in [0.1, 0.15) is 29.8 Å². The highest BCUT2D eigenvalue weighted by atomic mass is 32.2. The summed E-state index contributed by atoms with van der Waals surface area (Å²) in [6.45, 7) is 3.95. The van der Waals surface area contributed by atoms with Gasteiger partial charge in [-0.05, 0) is 54.7 Å². The van der Waals surface area contributed by atoms with E-state index in [1.54, 1.807) is 61.5 Å². The van der Waals surface area contributed by atoms with E-state index in [0.29, 0.717) is 33.6 Å². The minimum Gasteiger partial charge on any atom is -0.456 e. The van der Waals surface area contributed by atoms with Gasteiger partial charge >= 0.3 is 5.97 Å². The van der Waals surface area contributed by atoms with Crippen molar-refractivity contribution >= 4 is 34.5 Å². The standard InChI is InChI=1S/C25H24N4O5S/c1-3-35-25-27-19(16(2)28-29-25)10-11-20(26-23(30)18-7-5-4-6-8-18)24(31)32-14-17-9-12-21-22(13-17)34-15-33-21/h4-13H,3,14-15H2,1-2H3,(H,26,30)(H,27,29)/b19-10-,20-11-. The van der Waals surface area contributed by atoms with Crippen LogP contribution in [0.15, 0.2) is 82.2 Å². The monoisotopic (exact) mass is 492 g/mol. The normalized spacial score (nSPS) is 15.7. The molecule has 0 saturated heterocycles. The summed E-state index contributed by atoms with van der Waals surface area (Å²) in [7, 11) is 0. The number of hydrogen-bond acceptors (Lipinski definition) is 9. The number of hydrazone groups is 1. The summed E-state index contributed by atoms with van der Waals surface area (Å²) in [5.74, 6) is 0.933. The van der Waals surface area contributed by atoms with Crippen molar-refractivity contribution < 1.29 is 23.8 Å². The Labute approximate surface area is 206 Å². The van der Waals surface area contributed by atoms with Crippen LogP contribution in [-0.4, -0.2) is 35.3 Å². The molecule has 0 atom stereocenters. The van der Waals surface area contributed by atoms with Crippen LogP contribution in [-0.2, 0) is 16.1 Å². The fraction of sp³-hybridized carbons (Fsp3) is 0.200. The Hall–Kier alpha value is -4.05. The molecule has 0 spiro atoms. The Morgan fingerprint density at radius 2 is 1.97 bits per heavy atom. The lowest BCUT2D eigenvalue weighted by molar-refractivity contribution is -0.140. The zero-order valence-corrected chi connectivity index (χ0v) is 20.1. The first-order valence-corrected chi connectivity index (χ1v) is 11.9. The van der Waals surface area contributed by atoms with Gasteiger partial charge in [0.2, 0.25) is 6.79 Å². The number of nitrogens with zero attached hydrogens (tertiary/aromatic N) is 2. The molecule has 0 radical (unpaired) electrons. The van der Waals surface area contributed by atoms with Gasteiger partial charge in [0.05, 0.1) is 11.4 Å². The van der Waals surface area contributed by atoms with E-state index >= 15 is 0 Å². The molecule has 0 bridgehead atoms. The molecule has 180 valence electrons. The number of thioether (sulfide) groups is 1. The van der Waals surface area contributed by atoms with Crippen LogP contribution in [0.2, 0.25) is 0 Å². The van der Waals surface area contributed by atoms with Crippen LogP contribution < -0.4 is 20.2 Å². The van der Waals surface area contributed by atoms with E-state index in [1.165, 1.54) is 17.8 Å². The van der Waals surface area contributed by atoms with Crippen molar-refractivity contribution in [1.82, 2.24) is 10.7 Å². The fourth-order valence-corrected chi connectivity index (χ4v) is 3.67. The topological polar surface area (TPSA) is 111 Å². The zero-order chi connectivity index (χ0) is 24.6. The third-order valence-electron chi connectivity index (χ3n) is 4.91. The van der Waals surface area contributed by atoms with Crippen LogP contribution in [0.5, 0.6) is 11.5 Å². The second kappa shape index (κ2) is 11.4. The highest BCUT2D eigenvalue weighted by Gasteiger charge is 2.18. The first kappa shape index (κ1) is 24.1. The van der Waals surface area contributed by atoms with Gasteiger partial charge < -0.3 is 19.5 Å². The lowest BCUT2D eigenvalue weighted by atomic mass is 10.2. The van der Waals surface area contributed by atoms with Gasteiger partial charge in [0.15, 0.2) is 16.7 Å². The van der Waals surface area contributed by atoms with Crippen LogP contribution in [0, 0.1) is 0 Å². The van der Waals surface area contributed by atoms with Crippen molar-refractivity contribution in [1.29, 1.82) is 0 Å². The average Bonchev–Trinajstić information content (AvgIpc) is 3.35. The molecular formula is C25H24N4O5S. The van der Waals surface area contributed by atoms with Crippen LogP contribution >= 0.6 is 11.8 Å².